The van der Waals surface area contributed by atoms with Crippen LogP contribution in [0.2, 0.25) is 0 Å². The van der Waals surface area contributed by atoms with Crippen LogP contribution in [0.4, 0.5) is 19.0 Å². The highest BCUT2D eigenvalue weighted by Gasteiger charge is 2.41. The molecule has 1 aliphatic rings. The molecule has 2 aromatic carbocycles. The maximum absolute atomic E-state index is 12.6. The quantitative estimate of drug-likeness (QED) is 0.434. The van der Waals surface area contributed by atoms with Gasteiger partial charge in [0.05, 0.1) is 23.7 Å². The molecular weight excluding hydrogens is 443 g/mol. The predicted molar refractivity (Wildman–Crippen MR) is 125 cm³/mol. The number of hydrogen-bond acceptors (Lipinski definition) is 5. The van der Waals surface area contributed by atoms with E-state index >= 15 is 0 Å². The Kier molecular flexibility index (Phi) is 6.79. The second-order valence-electron chi connectivity index (χ2n) is 9.22. The molecule has 4 rings (SSSR count). The van der Waals surface area contributed by atoms with Crippen LogP contribution >= 0.6 is 0 Å². The second-order valence-corrected chi connectivity index (χ2v) is 9.22. The SMILES string of the molecule is CC1(C)CC(CCNc2cncc(-c3cccc(OC(F)(F)F)c3)n2)(c2ccccc2)CCO1. The van der Waals surface area contributed by atoms with Gasteiger partial charge in [-0.25, -0.2) is 4.98 Å². The molecule has 1 atom stereocenters. The van der Waals surface area contributed by atoms with Crippen molar-refractivity contribution in [1.82, 2.24) is 9.97 Å². The number of halogens is 3. The number of rotatable bonds is 7. The predicted octanol–water partition coefficient (Wildman–Crippen LogP) is 6.37. The number of anilines is 1. The lowest BCUT2D eigenvalue weighted by atomic mass is 9.67. The molecule has 0 spiro atoms. The van der Waals surface area contributed by atoms with Crippen LogP contribution in [0.5, 0.6) is 5.75 Å². The van der Waals surface area contributed by atoms with Gasteiger partial charge in [-0.1, -0.05) is 42.5 Å². The largest absolute Gasteiger partial charge is 0.573 e. The summed E-state index contributed by atoms with van der Waals surface area (Å²) in [4.78, 5) is 8.77. The molecule has 0 bridgehead atoms. The summed E-state index contributed by atoms with van der Waals surface area (Å²) >= 11 is 0. The molecule has 0 amide bonds. The van der Waals surface area contributed by atoms with Gasteiger partial charge in [0.25, 0.3) is 0 Å². The highest BCUT2D eigenvalue weighted by molar-refractivity contribution is 5.61. The summed E-state index contributed by atoms with van der Waals surface area (Å²) in [5, 5.41) is 3.35. The standard InChI is InChI=1S/C26H28F3N3O2/c1-24(2)18-25(12-14-33-24,20-8-4-3-5-9-20)11-13-31-23-17-30-16-22(32-23)19-7-6-10-21(15-19)34-26(27,28)29/h3-10,15-17H,11-14,18H2,1-2H3,(H,31,32). The zero-order valence-corrected chi connectivity index (χ0v) is 19.2. The molecule has 1 saturated heterocycles. The fourth-order valence-corrected chi connectivity index (χ4v) is 4.75. The minimum Gasteiger partial charge on any atom is -0.406 e. The van der Waals surface area contributed by atoms with Crippen molar-refractivity contribution in [2.75, 3.05) is 18.5 Å². The van der Waals surface area contributed by atoms with Crippen LogP contribution in [0.15, 0.2) is 67.0 Å². The highest BCUT2D eigenvalue weighted by atomic mass is 19.4. The van der Waals surface area contributed by atoms with Crippen LogP contribution in [0.1, 0.15) is 38.7 Å². The fourth-order valence-electron chi connectivity index (χ4n) is 4.75. The maximum Gasteiger partial charge on any atom is 0.573 e. The number of aromatic nitrogens is 2. The van der Waals surface area contributed by atoms with Crippen LogP contribution in [0.3, 0.4) is 0 Å². The summed E-state index contributed by atoms with van der Waals surface area (Å²) in [6.07, 6.45) is 1.10. The molecule has 1 unspecified atom stereocenters. The summed E-state index contributed by atoms with van der Waals surface area (Å²) in [6.45, 7) is 5.62. The molecule has 5 nitrogen and oxygen atoms in total. The van der Waals surface area contributed by atoms with Gasteiger partial charge in [-0.3, -0.25) is 4.98 Å². The van der Waals surface area contributed by atoms with Crippen molar-refractivity contribution in [2.24, 2.45) is 0 Å². The number of nitrogens with zero attached hydrogens (tertiary/aromatic N) is 2. The molecule has 180 valence electrons. The Labute approximate surface area is 197 Å². The highest BCUT2D eigenvalue weighted by Crippen LogP contribution is 2.44. The van der Waals surface area contributed by atoms with Crippen LogP contribution in [-0.2, 0) is 10.2 Å². The van der Waals surface area contributed by atoms with Crippen LogP contribution in [0, 0.1) is 0 Å². The summed E-state index contributed by atoms with van der Waals surface area (Å²) < 4.78 is 47.7. The van der Waals surface area contributed by atoms with E-state index in [1.165, 1.54) is 30.0 Å². The monoisotopic (exact) mass is 471 g/mol. The van der Waals surface area contributed by atoms with Gasteiger partial charge in [0, 0.05) is 24.1 Å². The minimum atomic E-state index is -4.75. The summed E-state index contributed by atoms with van der Waals surface area (Å²) in [5.74, 6) is 0.270. The van der Waals surface area contributed by atoms with E-state index in [0.717, 1.165) is 19.3 Å². The Bertz CT molecular complexity index is 1110. The molecule has 2 heterocycles. The summed E-state index contributed by atoms with van der Waals surface area (Å²) in [6, 6.07) is 16.2. The molecule has 8 heteroatoms. The first kappa shape index (κ1) is 24.0. The topological polar surface area (TPSA) is 56.3 Å². The molecule has 0 radical (unpaired) electrons. The number of nitrogens with one attached hydrogen (secondary N) is 1. The first-order chi connectivity index (χ1) is 16.1. The van der Waals surface area contributed by atoms with Gasteiger partial charge >= 0.3 is 6.36 Å². The van der Waals surface area contributed by atoms with Crippen molar-refractivity contribution < 1.29 is 22.6 Å². The van der Waals surface area contributed by atoms with E-state index in [1.54, 1.807) is 12.3 Å². The maximum atomic E-state index is 12.6. The average Bonchev–Trinajstić information content (AvgIpc) is 2.78. The average molecular weight is 472 g/mol. The third kappa shape index (κ3) is 6.05. The van der Waals surface area contributed by atoms with E-state index in [0.29, 0.717) is 30.2 Å². The van der Waals surface area contributed by atoms with Crippen molar-refractivity contribution in [3.8, 4) is 17.0 Å². The first-order valence-corrected chi connectivity index (χ1v) is 11.3. The number of ether oxygens (including phenoxy) is 2. The minimum absolute atomic E-state index is 0.0235. The van der Waals surface area contributed by atoms with Gasteiger partial charge in [-0.05, 0) is 50.8 Å². The zero-order valence-electron chi connectivity index (χ0n) is 19.2. The van der Waals surface area contributed by atoms with E-state index in [4.69, 9.17) is 4.74 Å². The van der Waals surface area contributed by atoms with E-state index in [2.05, 4.69) is 58.1 Å². The van der Waals surface area contributed by atoms with Crippen LogP contribution < -0.4 is 10.1 Å². The molecule has 1 aliphatic heterocycles. The summed E-state index contributed by atoms with van der Waals surface area (Å²) in [5.41, 5.74) is 2.02. The van der Waals surface area contributed by atoms with E-state index in [9.17, 15) is 13.2 Å². The van der Waals surface area contributed by atoms with Crippen LogP contribution in [-0.4, -0.2) is 35.1 Å². The normalized spacial score (nSPS) is 20.0. The van der Waals surface area contributed by atoms with E-state index in [-0.39, 0.29) is 16.8 Å². The van der Waals surface area contributed by atoms with Crippen molar-refractivity contribution in [1.29, 1.82) is 0 Å². The van der Waals surface area contributed by atoms with Crippen molar-refractivity contribution >= 4 is 5.82 Å². The van der Waals surface area contributed by atoms with Crippen molar-refractivity contribution in [2.45, 2.75) is 50.5 Å². The molecule has 1 aromatic heterocycles. The molecule has 0 saturated carbocycles. The Morgan fingerprint density at radius 1 is 1.06 bits per heavy atom. The van der Waals surface area contributed by atoms with Gasteiger partial charge in [-0.15, -0.1) is 13.2 Å². The number of benzene rings is 2. The Balaban J connectivity index is 1.48. The lowest BCUT2D eigenvalue weighted by molar-refractivity contribution is -0.274. The Morgan fingerprint density at radius 3 is 2.59 bits per heavy atom. The fraction of sp³-hybridized carbons (Fsp3) is 0.385. The molecule has 3 aromatic rings. The lowest BCUT2D eigenvalue weighted by Gasteiger charge is -2.45. The zero-order chi connectivity index (χ0) is 24.2. The van der Waals surface area contributed by atoms with Gasteiger partial charge in [0.1, 0.15) is 11.6 Å². The van der Waals surface area contributed by atoms with E-state index in [1.807, 2.05) is 6.07 Å². The third-order valence-corrected chi connectivity index (χ3v) is 6.13. The number of alkyl halides is 3. The molecule has 1 N–H and O–H groups in total. The van der Waals surface area contributed by atoms with Crippen molar-refractivity contribution in [3.63, 3.8) is 0 Å². The number of hydrogen-bond donors (Lipinski definition) is 1. The molecule has 34 heavy (non-hydrogen) atoms. The van der Waals surface area contributed by atoms with Crippen molar-refractivity contribution in [3.05, 3.63) is 72.6 Å². The van der Waals surface area contributed by atoms with Gasteiger partial charge in [0.15, 0.2) is 0 Å². The second kappa shape index (κ2) is 9.62. The molecule has 0 aliphatic carbocycles. The van der Waals surface area contributed by atoms with Gasteiger partial charge < -0.3 is 14.8 Å². The lowest BCUT2D eigenvalue weighted by Crippen LogP contribution is -2.44. The molecule has 1 fully saturated rings. The first-order valence-electron chi connectivity index (χ1n) is 11.3. The van der Waals surface area contributed by atoms with Gasteiger partial charge in [0.2, 0.25) is 0 Å². The van der Waals surface area contributed by atoms with Gasteiger partial charge in [-0.2, -0.15) is 0 Å². The Morgan fingerprint density at radius 2 is 1.85 bits per heavy atom. The summed E-state index contributed by atoms with van der Waals surface area (Å²) in [7, 11) is 0. The third-order valence-electron chi connectivity index (χ3n) is 6.13. The Hall–Kier alpha value is -3.13. The molecular formula is C26H28F3N3O2. The van der Waals surface area contributed by atoms with Crippen LogP contribution in [0.25, 0.3) is 11.3 Å². The van der Waals surface area contributed by atoms with E-state index < -0.39 is 6.36 Å². The smallest absolute Gasteiger partial charge is 0.406 e.